The standard InChI is InChI=1S/C14H15N3S2/c1-3-12(18-7-1)5-6-15-9-11-10-16-17-14(11)13-4-2-8-19-13/h1-4,7-8,10,15H,5-6,9H2,(H,16,17). The van der Waals surface area contributed by atoms with Crippen molar-refractivity contribution in [1.82, 2.24) is 15.5 Å². The van der Waals surface area contributed by atoms with Gasteiger partial charge in [0, 0.05) is 23.5 Å². The molecule has 19 heavy (non-hydrogen) atoms. The Labute approximate surface area is 120 Å². The van der Waals surface area contributed by atoms with Gasteiger partial charge in [0.15, 0.2) is 0 Å². The van der Waals surface area contributed by atoms with Gasteiger partial charge in [0.2, 0.25) is 0 Å². The van der Waals surface area contributed by atoms with Gasteiger partial charge in [-0.25, -0.2) is 0 Å². The maximum atomic E-state index is 4.15. The second-order valence-electron chi connectivity index (χ2n) is 4.25. The largest absolute Gasteiger partial charge is 0.312 e. The molecule has 0 spiro atoms. The van der Waals surface area contributed by atoms with Crippen molar-refractivity contribution in [2.45, 2.75) is 13.0 Å². The molecule has 3 aromatic rings. The summed E-state index contributed by atoms with van der Waals surface area (Å²) in [5.41, 5.74) is 2.37. The van der Waals surface area contributed by atoms with E-state index in [-0.39, 0.29) is 0 Å². The molecule has 3 heterocycles. The Hall–Kier alpha value is -1.43. The Morgan fingerprint density at radius 3 is 2.84 bits per heavy atom. The van der Waals surface area contributed by atoms with E-state index in [2.05, 4.69) is 50.5 Å². The third-order valence-electron chi connectivity index (χ3n) is 2.93. The normalized spacial score (nSPS) is 10.9. The molecular formula is C14H15N3S2. The zero-order valence-electron chi connectivity index (χ0n) is 10.4. The molecule has 0 saturated heterocycles. The lowest BCUT2D eigenvalue weighted by atomic mass is 10.2. The van der Waals surface area contributed by atoms with Crippen LogP contribution >= 0.6 is 22.7 Å². The third kappa shape index (κ3) is 3.12. The van der Waals surface area contributed by atoms with Gasteiger partial charge in [0.1, 0.15) is 0 Å². The molecule has 0 fully saturated rings. The molecule has 0 aliphatic rings. The van der Waals surface area contributed by atoms with Crippen LogP contribution in [-0.4, -0.2) is 16.7 Å². The van der Waals surface area contributed by atoms with Gasteiger partial charge in [-0.1, -0.05) is 12.1 Å². The number of H-pyrrole nitrogens is 1. The summed E-state index contributed by atoms with van der Waals surface area (Å²) in [4.78, 5) is 2.67. The van der Waals surface area contributed by atoms with E-state index < -0.39 is 0 Å². The molecular weight excluding hydrogens is 274 g/mol. The van der Waals surface area contributed by atoms with Crippen LogP contribution in [0.1, 0.15) is 10.4 Å². The summed E-state index contributed by atoms with van der Waals surface area (Å²) in [6.07, 6.45) is 3.00. The zero-order valence-corrected chi connectivity index (χ0v) is 12.1. The molecule has 0 aromatic carbocycles. The number of aromatic amines is 1. The van der Waals surface area contributed by atoms with Gasteiger partial charge in [0.05, 0.1) is 16.8 Å². The van der Waals surface area contributed by atoms with Crippen LogP contribution in [0.3, 0.4) is 0 Å². The monoisotopic (exact) mass is 289 g/mol. The molecule has 3 nitrogen and oxygen atoms in total. The van der Waals surface area contributed by atoms with Crippen molar-refractivity contribution in [3.63, 3.8) is 0 Å². The molecule has 0 aliphatic carbocycles. The lowest BCUT2D eigenvalue weighted by Gasteiger charge is -2.03. The molecule has 2 N–H and O–H groups in total. The smallest absolute Gasteiger partial charge is 0.0794 e. The summed E-state index contributed by atoms with van der Waals surface area (Å²) < 4.78 is 0. The number of thiophene rings is 2. The highest BCUT2D eigenvalue weighted by Crippen LogP contribution is 2.25. The van der Waals surface area contributed by atoms with E-state index in [0.29, 0.717) is 0 Å². The van der Waals surface area contributed by atoms with Gasteiger partial charge >= 0.3 is 0 Å². The van der Waals surface area contributed by atoms with Crippen molar-refractivity contribution in [1.29, 1.82) is 0 Å². The van der Waals surface area contributed by atoms with E-state index in [0.717, 1.165) is 25.2 Å². The number of rotatable bonds is 6. The molecule has 3 aromatic heterocycles. The summed E-state index contributed by atoms with van der Waals surface area (Å²) in [5.74, 6) is 0. The van der Waals surface area contributed by atoms with E-state index in [1.54, 1.807) is 11.3 Å². The van der Waals surface area contributed by atoms with Crippen LogP contribution in [0, 0.1) is 0 Å². The van der Waals surface area contributed by atoms with Crippen LogP contribution < -0.4 is 5.32 Å². The highest BCUT2D eigenvalue weighted by Gasteiger charge is 2.07. The molecule has 3 rings (SSSR count). The van der Waals surface area contributed by atoms with Crippen molar-refractivity contribution in [3.8, 4) is 10.6 Å². The Balaban J connectivity index is 1.55. The Bertz CT molecular complexity index is 596. The molecule has 0 bridgehead atoms. The van der Waals surface area contributed by atoms with Crippen LogP contribution in [0.25, 0.3) is 10.6 Å². The van der Waals surface area contributed by atoms with Crippen molar-refractivity contribution < 1.29 is 0 Å². The van der Waals surface area contributed by atoms with Crippen molar-refractivity contribution in [3.05, 3.63) is 51.7 Å². The Morgan fingerprint density at radius 1 is 1.16 bits per heavy atom. The predicted molar refractivity (Wildman–Crippen MR) is 81.6 cm³/mol. The predicted octanol–water partition coefficient (Wildman–Crippen LogP) is 3.53. The van der Waals surface area contributed by atoms with Crippen molar-refractivity contribution in [2.24, 2.45) is 0 Å². The van der Waals surface area contributed by atoms with E-state index in [4.69, 9.17) is 0 Å². The first-order valence-corrected chi connectivity index (χ1v) is 7.98. The summed E-state index contributed by atoms with van der Waals surface area (Å²) in [7, 11) is 0. The van der Waals surface area contributed by atoms with Gasteiger partial charge in [-0.15, -0.1) is 22.7 Å². The van der Waals surface area contributed by atoms with Crippen LogP contribution in [-0.2, 0) is 13.0 Å². The highest BCUT2D eigenvalue weighted by atomic mass is 32.1. The Kier molecular flexibility index (Phi) is 4.07. The topological polar surface area (TPSA) is 40.7 Å². The minimum Gasteiger partial charge on any atom is -0.312 e. The van der Waals surface area contributed by atoms with Gasteiger partial charge in [-0.3, -0.25) is 5.10 Å². The lowest BCUT2D eigenvalue weighted by molar-refractivity contribution is 0.692. The SMILES string of the molecule is c1csc(CCNCc2cn[nH]c2-c2cccs2)c1. The summed E-state index contributed by atoms with van der Waals surface area (Å²) in [6, 6.07) is 8.47. The fourth-order valence-electron chi connectivity index (χ4n) is 1.97. The van der Waals surface area contributed by atoms with Crippen LogP contribution in [0.5, 0.6) is 0 Å². The number of nitrogens with one attached hydrogen (secondary N) is 2. The lowest BCUT2D eigenvalue weighted by Crippen LogP contribution is -2.16. The number of nitrogens with zero attached hydrogens (tertiary/aromatic N) is 1. The quantitative estimate of drug-likeness (QED) is 0.682. The Morgan fingerprint density at radius 2 is 2.05 bits per heavy atom. The van der Waals surface area contributed by atoms with Gasteiger partial charge < -0.3 is 5.32 Å². The fraction of sp³-hybridized carbons (Fsp3) is 0.214. The number of aromatic nitrogens is 2. The first-order valence-electron chi connectivity index (χ1n) is 6.23. The average molecular weight is 289 g/mol. The molecule has 5 heteroatoms. The van der Waals surface area contributed by atoms with E-state index >= 15 is 0 Å². The first-order chi connectivity index (χ1) is 9.43. The van der Waals surface area contributed by atoms with E-state index in [1.165, 1.54) is 15.3 Å². The zero-order chi connectivity index (χ0) is 12.9. The van der Waals surface area contributed by atoms with Crippen molar-refractivity contribution >= 4 is 22.7 Å². The molecule has 0 saturated carbocycles. The van der Waals surface area contributed by atoms with E-state index in [9.17, 15) is 0 Å². The molecule has 0 amide bonds. The van der Waals surface area contributed by atoms with Gasteiger partial charge in [-0.05, 0) is 29.3 Å². The van der Waals surface area contributed by atoms with Gasteiger partial charge in [0.25, 0.3) is 0 Å². The van der Waals surface area contributed by atoms with Crippen LogP contribution in [0.2, 0.25) is 0 Å². The summed E-state index contributed by atoms with van der Waals surface area (Å²) in [5, 5.41) is 14.9. The maximum Gasteiger partial charge on any atom is 0.0794 e. The second-order valence-corrected chi connectivity index (χ2v) is 6.23. The molecule has 98 valence electrons. The minimum atomic E-state index is 0.856. The molecule has 0 unspecified atom stereocenters. The fourth-order valence-corrected chi connectivity index (χ4v) is 3.43. The molecule has 0 radical (unpaired) electrons. The second kappa shape index (κ2) is 6.14. The molecule has 0 atom stereocenters. The number of hydrogen-bond donors (Lipinski definition) is 2. The van der Waals surface area contributed by atoms with Crippen molar-refractivity contribution in [2.75, 3.05) is 6.54 Å². The average Bonchev–Trinajstić information content (AvgIpc) is 3.15. The highest BCUT2D eigenvalue weighted by molar-refractivity contribution is 7.13. The number of hydrogen-bond acceptors (Lipinski definition) is 4. The van der Waals surface area contributed by atoms with Crippen LogP contribution in [0.4, 0.5) is 0 Å². The first kappa shape index (κ1) is 12.6. The summed E-state index contributed by atoms with van der Waals surface area (Å²) in [6.45, 7) is 1.85. The maximum absolute atomic E-state index is 4.15. The van der Waals surface area contributed by atoms with Gasteiger partial charge in [-0.2, -0.15) is 5.10 Å². The van der Waals surface area contributed by atoms with E-state index in [1.807, 2.05) is 17.5 Å². The van der Waals surface area contributed by atoms with Crippen LogP contribution in [0.15, 0.2) is 41.2 Å². The molecule has 0 aliphatic heterocycles. The third-order valence-corrected chi connectivity index (χ3v) is 4.75. The summed E-state index contributed by atoms with van der Waals surface area (Å²) >= 11 is 3.55. The minimum absolute atomic E-state index is 0.856.